The van der Waals surface area contributed by atoms with Gasteiger partial charge in [0.05, 0.1) is 35.2 Å². The zero-order chi connectivity index (χ0) is 17.7. The molecule has 0 aliphatic heterocycles. The maximum atomic E-state index is 14.0. The van der Waals surface area contributed by atoms with Gasteiger partial charge in [0.2, 0.25) is 0 Å². The van der Waals surface area contributed by atoms with Crippen molar-refractivity contribution in [3.05, 3.63) is 56.1 Å². The SMILES string of the molecule is O=C(NOCCO)c1cc(Cl)c(F)cc1Nc1ccc(I)cc1F. The normalized spacial score (nSPS) is 10.5. The smallest absolute Gasteiger partial charge is 0.277 e. The fourth-order valence-corrected chi connectivity index (χ4v) is 2.41. The summed E-state index contributed by atoms with van der Waals surface area (Å²) in [6.45, 7) is -0.404. The van der Waals surface area contributed by atoms with Crippen LogP contribution in [-0.4, -0.2) is 24.2 Å². The summed E-state index contributed by atoms with van der Waals surface area (Å²) in [7, 11) is 0. The molecular formula is C15H12ClF2IN2O3. The number of hydroxylamine groups is 1. The van der Waals surface area contributed by atoms with Crippen LogP contribution in [0.15, 0.2) is 30.3 Å². The van der Waals surface area contributed by atoms with Crippen molar-refractivity contribution in [3.63, 3.8) is 0 Å². The molecule has 0 aromatic heterocycles. The molecule has 0 aliphatic carbocycles. The van der Waals surface area contributed by atoms with E-state index in [-0.39, 0.29) is 35.2 Å². The number of aliphatic hydroxyl groups is 1. The summed E-state index contributed by atoms with van der Waals surface area (Å²) in [5.74, 6) is -2.04. The lowest BCUT2D eigenvalue weighted by atomic mass is 10.1. The van der Waals surface area contributed by atoms with Crippen LogP contribution in [0, 0.1) is 15.2 Å². The molecule has 2 rings (SSSR count). The van der Waals surface area contributed by atoms with Crippen molar-refractivity contribution >= 4 is 51.5 Å². The molecule has 0 aliphatic rings. The maximum Gasteiger partial charge on any atom is 0.277 e. The van der Waals surface area contributed by atoms with Crippen LogP contribution in [0.1, 0.15) is 10.4 Å². The van der Waals surface area contributed by atoms with Crippen LogP contribution in [0.25, 0.3) is 0 Å². The van der Waals surface area contributed by atoms with Gasteiger partial charge in [-0.3, -0.25) is 9.63 Å². The molecule has 0 bridgehead atoms. The first kappa shape index (κ1) is 18.8. The number of hydrogen-bond donors (Lipinski definition) is 3. The third kappa shape index (κ3) is 4.76. The summed E-state index contributed by atoms with van der Waals surface area (Å²) in [5, 5.41) is 11.0. The molecule has 0 spiro atoms. The third-order valence-electron chi connectivity index (χ3n) is 2.86. The molecule has 0 heterocycles. The molecule has 24 heavy (non-hydrogen) atoms. The molecule has 0 radical (unpaired) electrons. The predicted octanol–water partition coefficient (Wildman–Crippen LogP) is 3.62. The Kier molecular flexibility index (Phi) is 6.72. The minimum Gasteiger partial charge on any atom is -0.394 e. The average molecular weight is 469 g/mol. The molecule has 0 fully saturated rings. The van der Waals surface area contributed by atoms with Crippen molar-refractivity contribution in [2.24, 2.45) is 0 Å². The fraction of sp³-hybridized carbons (Fsp3) is 0.133. The minimum absolute atomic E-state index is 0.0158. The molecule has 5 nitrogen and oxygen atoms in total. The van der Waals surface area contributed by atoms with Crippen molar-refractivity contribution in [1.29, 1.82) is 0 Å². The van der Waals surface area contributed by atoms with E-state index in [4.69, 9.17) is 21.5 Å². The fourth-order valence-electron chi connectivity index (χ4n) is 1.79. The second-order valence-corrected chi connectivity index (χ2v) is 6.22. The van der Waals surface area contributed by atoms with Crippen molar-refractivity contribution < 1.29 is 23.5 Å². The van der Waals surface area contributed by atoms with E-state index in [0.29, 0.717) is 3.57 Å². The molecule has 1 amide bonds. The third-order valence-corrected chi connectivity index (χ3v) is 3.82. The number of aliphatic hydroxyl groups excluding tert-OH is 1. The van der Waals surface area contributed by atoms with Gasteiger partial charge in [-0.1, -0.05) is 11.6 Å². The van der Waals surface area contributed by atoms with Gasteiger partial charge in [0.1, 0.15) is 11.6 Å². The molecular weight excluding hydrogens is 457 g/mol. The Balaban J connectivity index is 2.33. The summed E-state index contributed by atoms with van der Waals surface area (Å²) in [6, 6.07) is 6.50. The number of benzene rings is 2. The number of carbonyl (C=O) groups is 1. The number of amides is 1. The molecule has 2 aromatic carbocycles. The summed E-state index contributed by atoms with van der Waals surface area (Å²) in [4.78, 5) is 16.8. The van der Waals surface area contributed by atoms with E-state index in [2.05, 4.69) is 10.8 Å². The first-order chi connectivity index (χ1) is 11.4. The first-order valence-electron chi connectivity index (χ1n) is 6.66. The van der Waals surface area contributed by atoms with Crippen molar-refractivity contribution in [2.75, 3.05) is 18.5 Å². The monoisotopic (exact) mass is 468 g/mol. The highest BCUT2D eigenvalue weighted by Gasteiger charge is 2.17. The Morgan fingerprint density at radius 2 is 1.96 bits per heavy atom. The van der Waals surface area contributed by atoms with Gasteiger partial charge in [0, 0.05) is 3.57 Å². The Bertz CT molecular complexity index is 762. The predicted molar refractivity (Wildman–Crippen MR) is 94.3 cm³/mol. The number of anilines is 2. The number of halogens is 4. The van der Waals surface area contributed by atoms with Crippen molar-refractivity contribution in [1.82, 2.24) is 5.48 Å². The standard InChI is InChI=1S/C15H12ClF2IN2O3/c16-10-6-9(15(23)21-24-4-3-22)14(7-11(10)17)20-13-2-1-8(19)5-12(13)18/h1-2,5-7,20,22H,3-4H2,(H,21,23). The van der Waals surface area contributed by atoms with E-state index in [9.17, 15) is 13.6 Å². The van der Waals surface area contributed by atoms with Gasteiger partial charge in [-0.05, 0) is 52.9 Å². The highest BCUT2D eigenvalue weighted by atomic mass is 127. The van der Waals surface area contributed by atoms with Gasteiger partial charge in [0.15, 0.2) is 0 Å². The Morgan fingerprint density at radius 3 is 2.62 bits per heavy atom. The quantitative estimate of drug-likeness (QED) is 0.344. The van der Waals surface area contributed by atoms with E-state index >= 15 is 0 Å². The van der Waals surface area contributed by atoms with Crippen molar-refractivity contribution in [3.8, 4) is 0 Å². The van der Waals surface area contributed by atoms with E-state index < -0.39 is 17.5 Å². The molecule has 2 aromatic rings. The number of carbonyl (C=O) groups excluding carboxylic acids is 1. The van der Waals surface area contributed by atoms with Gasteiger partial charge in [-0.2, -0.15) is 0 Å². The largest absolute Gasteiger partial charge is 0.394 e. The average Bonchev–Trinajstić information content (AvgIpc) is 2.53. The summed E-state index contributed by atoms with van der Waals surface area (Å²) in [6.07, 6.45) is 0. The molecule has 3 N–H and O–H groups in total. The van der Waals surface area contributed by atoms with E-state index in [1.165, 1.54) is 12.1 Å². The molecule has 9 heteroatoms. The van der Waals surface area contributed by atoms with E-state index in [1.54, 1.807) is 6.07 Å². The second kappa shape index (κ2) is 8.56. The molecule has 0 saturated heterocycles. The second-order valence-electron chi connectivity index (χ2n) is 4.56. The molecule has 0 atom stereocenters. The van der Waals surface area contributed by atoms with Crippen LogP contribution in [0.4, 0.5) is 20.2 Å². The number of nitrogens with one attached hydrogen (secondary N) is 2. The van der Waals surface area contributed by atoms with Gasteiger partial charge < -0.3 is 10.4 Å². The van der Waals surface area contributed by atoms with E-state index in [0.717, 1.165) is 12.1 Å². The Morgan fingerprint density at radius 1 is 1.21 bits per heavy atom. The van der Waals surface area contributed by atoms with Gasteiger partial charge in [-0.15, -0.1) is 0 Å². The zero-order valence-electron chi connectivity index (χ0n) is 12.1. The lowest BCUT2D eigenvalue weighted by Crippen LogP contribution is -2.26. The van der Waals surface area contributed by atoms with Crippen molar-refractivity contribution in [2.45, 2.75) is 0 Å². The highest BCUT2D eigenvalue weighted by molar-refractivity contribution is 14.1. The Hall–Kier alpha value is -1.49. The lowest BCUT2D eigenvalue weighted by molar-refractivity contribution is 0.0169. The highest BCUT2D eigenvalue weighted by Crippen LogP contribution is 2.28. The van der Waals surface area contributed by atoms with Gasteiger partial charge in [-0.25, -0.2) is 14.3 Å². The van der Waals surface area contributed by atoms with Crippen LogP contribution in [-0.2, 0) is 4.84 Å². The van der Waals surface area contributed by atoms with Crippen LogP contribution in [0.2, 0.25) is 5.02 Å². The Labute approximate surface area is 155 Å². The molecule has 0 unspecified atom stereocenters. The maximum absolute atomic E-state index is 14.0. The van der Waals surface area contributed by atoms with Crippen LogP contribution in [0.5, 0.6) is 0 Å². The first-order valence-corrected chi connectivity index (χ1v) is 8.12. The van der Waals surface area contributed by atoms with Crippen LogP contribution >= 0.6 is 34.2 Å². The zero-order valence-corrected chi connectivity index (χ0v) is 15.0. The van der Waals surface area contributed by atoms with Gasteiger partial charge >= 0.3 is 0 Å². The lowest BCUT2D eigenvalue weighted by Gasteiger charge is -2.14. The summed E-state index contributed by atoms with van der Waals surface area (Å²) in [5.41, 5.74) is 2.12. The summed E-state index contributed by atoms with van der Waals surface area (Å²) < 4.78 is 28.4. The van der Waals surface area contributed by atoms with Crippen LogP contribution in [0.3, 0.4) is 0 Å². The van der Waals surface area contributed by atoms with Crippen LogP contribution < -0.4 is 10.8 Å². The summed E-state index contributed by atoms with van der Waals surface area (Å²) >= 11 is 7.66. The molecule has 128 valence electrons. The van der Waals surface area contributed by atoms with Gasteiger partial charge in [0.25, 0.3) is 5.91 Å². The number of rotatable bonds is 6. The van der Waals surface area contributed by atoms with E-state index in [1.807, 2.05) is 22.6 Å². The topological polar surface area (TPSA) is 70.6 Å². The molecule has 0 saturated carbocycles. The number of hydrogen-bond acceptors (Lipinski definition) is 4. The minimum atomic E-state index is -0.766.